The summed E-state index contributed by atoms with van der Waals surface area (Å²) in [6.45, 7) is 15.7. The first-order chi connectivity index (χ1) is 14.2. The molecule has 30 heavy (non-hydrogen) atoms. The number of thioether (sulfide) groups is 1. The summed E-state index contributed by atoms with van der Waals surface area (Å²) in [6, 6.07) is 13.7. The van der Waals surface area contributed by atoms with E-state index in [1.165, 1.54) is 16.7 Å². The van der Waals surface area contributed by atoms with Gasteiger partial charge in [-0.3, -0.25) is 9.80 Å². The van der Waals surface area contributed by atoms with Crippen LogP contribution in [0.25, 0.3) is 0 Å². The van der Waals surface area contributed by atoms with E-state index < -0.39 is 0 Å². The summed E-state index contributed by atoms with van der Waals surface area (Å²) in [5.74, 6) is 1.22. The average Bonchev–Trinajstić information content (AvgIpc) is 2.72. The molecule has 1 aromatic carbocycles. The Hall–Kier alpha value is -1.56. The molecule has 0 aliphatic carbocycles. The number of hydrogen-bond donors (Lipinski definition) is 0. The molecule has 0 radical (unpaired) electrons. The molecule has 1 aromatic heterocycles. The molecule has 4 nitrogen and oxygen atoms in total. The zero-order chi connectivity index (χ0) is 21.9. The van der Waals surface area contributed by atoms with Crippen molar-refractivity contribution in [2.75, 3.05) is 33.0 Å². The van der Waals surface area contributed by atoms with Crippen LogP contribution in [0, 0.1) is 0 Å². The number of hydrogen-bond acceptors (Lipinski definition) is 5. The first kappa shape index (κ1) is 23.1. The summed E-state index contributed by atoms with van der Waals surface area (Å²) in [7, 11) is 1.69. The van der Waals surface area contributed by atoms with Gasteiger partial charge in [-0.05, 0) is 55.7 Å². The Bertz CT molecular complexity index is 824. The molecule has 1 aliphatic heterocycles. The highest BCUT2D eigenvalue weighted by Crippen LogP contribution is 2.36. The van der Waals surface area contributed by atoms with Crippen LogP contribution >= 0.6 is 11.8 Å². The van der Waals surface area contributed by atoms with Crippen LogP contribution in [0.3, 0.4) is 0 Å². The lowest BCUT2D eigenvalue weighted by molar-refractivity contribution is 0.00550. The summed E-state index contributed by atoms with van der Waals surface area (Å²) in [5, 5.41) is 1.01. The van der Waals surface area contributed by atoms with Crippen molar-refractivity contribution < 1.29 is 4.74 Å². The van der Waals surface area contributed by atoms with Gasteiger partial charge in [0.15, 0.2) is 0 Å². The number of pyridine rings is 1. The molecular formula is C25H37N3OS. The van der Waals surface area contributed by atoms with Crippen molar-refractivity contribution in [3.63, 3.8) is 0 Å². The molecule has 0 spiro atoms. The van der Waals surface area contributed by atoms with Gasteiger partial charge in [0.05, 0.1) is 7.11 Å². The van der Waals surface area contributed by atoms with Gasteiger partial charge >= 0.3 is 0 Å². The van der Waals surface area contributed by atoms with Crippen LogP contribution in [0.2, 0.25) is 0 Å². The molecule has 0 amide bonds. The van der Waals surface area contributed by atoms with E-state index in [1.807, 2.05) is 0 Å². The molecule has 2 aromatic rings. The summed E-state index contributed by atoms with van der Waals surface area (Å²) < 4.78 is 5.43. The molecular weight excluding hydrogens is 390 g/mol. The highest BCUT2D eigenvalue weighted by Gasteiger charge is 2.36. The first-order valence-electron chi connectivity index (χ1n) is 10.9. The maximum absolute atomic E-state index is 5.43. The number of nitrogens with zero attached hydrogens (tertiary/aromatic N) is 3. The summed E-state index contributed by atoms with van der Waals surface area (Å²) in [6.07, 6.45) is 2.06. The van der Waals surface area contributed by atoms with Gasteiger partial charge in [0.25, 0.3) is 0 Å². The van der Waals surface area contributed by atoms with Crippen LogP contribution in [-0.2, 0) is 6.54 Å². The van der Waals surface area contributed by atoms with Gasteiger partial charge in [-0.1, -0.05) is 38.1 Å². The Labute approximate surface area is 187 Å². The SMILES string of the molecule is COc1cc(CN2CCN(C(C)(C)C)C(c3ccccc3C(C)C)C2)cc(SC)n1. The first-order valence-corrected chi connectivity index (χ1v) is 12.1. The number of piperazine rings is 1. The fourth-order valence-electron chi connectivity index (χ4n) is 4.48. The quantitative estimate of drug-likeness (QED) is 0.560. The minimum absolute atomic E-state index is 0.132. The zero-order valence-electron chi connectivity index (χ0n) is 19.6. The van der Waals surface area contributed by atoms with Gasteiger partial charge in [0, 0.05) is 43.8 Å². The van der Waals surface area contributed by atoms with Crippen LogP contribution in [-0.4, -0.2) is 53.3 Å². The number of benzene rings is 1. The smallest absolute Gasteiger partial charge is 0.214 e. The molecule has 1 fully saturated rings. The molecule has 3 rings (SSSR count). The molecule has 0 saturated carbocycles. The van der Waals surface area contributed by atoms with E-state index in [2.05, 4.69) is 92.1 Å². The minimum Gasteiger partial charge on any atom is -0.481 e. The minimum atomic E-state index is 0.132. The number of aromatic nitrogens is 1. The Kier molecular flexibility index (Phi) is 7.48. The molecule has 1 atom stereocenters. The van der Waals surface area contributed by atoms with Crippen LogP contribution in [0.5, 0.6) is 5.88 Å². The van der Waals surface area contributed by atoms with E-state index in [-0.39, 0.29) is 5.54 Å². The monoisotopic (exact) mass is 427 g/mol. The maximum atomic E-state index is 5.43. The van der Waals surface area contributed by atoms with Crippen LogP contribution in [0.4, 0.5) is 0 Å². The molecule has 1 unspecified atom stereocenters. The Morgan fingerprint density at radius 1 is 1.17 bits per heavy atom. The van der Waals surface area contributed by atoms with Gasteiger partial charge in [-0.15, -0.1) is 11.8 Å². The molecule has 5 heteroatoms. The Morgan fingerprint density at radius 2 is 1.90 bits per heavy atom. The topological polar surface area (TPSA) is 28.6 Å². The van der Waals surface area contributed by atoms with Crippen molar-refractivity contribution in [2.45, 2.75) is 63.7 Å². The predicted molar refractivity (Wildman–Crippen MR) is 128 cm³/mol. The lowest BCUT2D eigenvalue weighted by Gasteiger charge is -2.49. The van der Waals surface area contributed by atoms with Gasteiger partial charge in [-0.25, -0.2) is 4.98 Å². The lowest BCUT2D eigenvalue weighted by Crippen LogP contribution is -2.55. The van der Waals surface area contributed by atoms with Crippen molar-refractivity contribution >= 4 is 11.8 Å². The Morgan fingerprint density at radius 3 is 2.53 bits per heavy atom. The maximum Gasteiger partial charge on any atom is 0.214 e. The number of ether oxygens (including phenoxy) is 1. The molecule has 164 valence electrons. The molecule has 0 N–H and O–H groups in total. The van der Waals surface area contributed by atoms with Gasteiger partial charge in [0.2, 0.25) is 5.88 Å². The van der Waals surface area contributed by atoms with Crippen molar-refractivity contribution in [3.05, 3.63) is 53.1 Å². The molecule has 1 saturated heterocycles. The standard InChI is InChI=1S/C25H37N3OS/c1-18(2)20-10-8-9-11-21(20)22-17-27(12-13-28(22)25(3,4)5)16-19-14-23(29-6)26-24(15-19)30-7/h8-11,14-15,18,22H,12-13,16-17H2,1-7H3. The highest BCUT2D eigenvalue weighted by atomic mass is 32.2. The van der Waals surface area contributed by atoms with Gasteiger partial charge in [0.1, 0.15) is 5.03 Å². The average molecular weight is 428 g/mol. The van der Waals surface area contributed by atoms with Crippen molar-refractivity contribution in [3.8, 4) is 5.88 Å². The van der Waals surface area contributed by atoms with Gasteiger partial charge in [-0.2, -0.15) is 0 Å². The number of methoxy groups -OCH3 is 1. The van der Waals surface area contributed by atoms with E-state index in [0.717, 1.165) is 31.2 Å². The van der Waals surface area contributed by atoms with E-state index in [0.29, 0.717) is 17.8 Å². The van der Waals surface area contributed by atoms with E-state index >= 15 is 0 Å². The third-order valence-corrected chi connectivity index (χ3v) is 6.59. The fraction of sp³-hybridized carbons (Fsp3) is 0.560. The second-order valence-corrected chi connectivity index (χ2v) is 10.3. The van der Waals surface area contributed by atoms with Crippen molar-refractivity contribution in [1.29, 1.82) is 0 Å². The Balaban J connectivity index is 1.89. The van der Waals surface area contributed by atoms with Crippen LogP contribution in [0.15, 0.2) is 41.4 Å². The van der Waals surface area contributed by atoms with E-state index in [4.69, 9.17) is 4.74 Å². The lowest BCUT2D eigenvalue weighted by atomic mass is 9.88. The van der Waals surface area contributed by atoms with Crippen molar-refractivity contribution in [1.82, 2.24) is 14.8 Å². The predicted octanol–water partition coefficient (Wildman–Crippen LogP) is 5.59. The molecule has 0 bridgehead atoms. The van der Waals surface area contributed by atoms with Crippen LogP contribution < -0.4 is 4.74 Å². The zero-order valence-corrected chi connectivity index (χ0v) is 20.4. The second-order valence-electron chi connectivity index (χ2n) is 9.46. The normalized spacial score (nSPS) is 18.7. The molecule has 2 heterocycles. The third-order valence-electron chi connectivity index (χ3n) is 5.97. The number of rotatable bonds is 6. The summed E-state index contributed by atoms with van der Waals surface area (Å²) >= 11 is 1.66. The van der Waals surface area contributed by atoms with E-state index in [1.54, 1.807) is 18.9 Å². The second kappa shape index (κ2) is 9.71. The third kappa shape index (κ3) is 5.37. The van der Waals surface area contributed by atoms with E-state index in [9.17, 15) is 0 Å². The summed E-state index contributed by atoms with van der Waals surface area (Å²) in [4.78, 5) is 9.79. The molecule has 1 aliphatic rings. The van der Waals surface area contributed by atoms with Crippen molar-refractivity contribution in [2.24, 2.45) is 0 Å². The summed E-state index contributed by atoms with van der Waals surface area (Å²) in [5.41, 5.74) is 4.34. The fourth-order valence-corrected chi connectivity index (χ4v) is 4.93. The largest absolute Gasteiger partial charge is 0.481 e. The highest BCUT2D eigenvalue weighted by molar-refractivity contribution is 7.98. The van der Waals surface area contributed by atoms with Crippen LogP contribution in [0.1, 0.15) is 63.3 Å². The van der Waals surface area contributed by atoms with Gasteiger partial charge < -0.3 is 4.74 Å².